The number of nitrogens with zero attached hydrogens (tertiary/aromatic N) is 1. The molecule has 1 aromatic carbocycles. The van der Waals surface area contributed by atoms with Crippen LogP contribution >= 0.6 is 0 Å². The second kappa shape index (κ2) is 4.77. The van der Waals surface area contributed by atoms with Crippen LogP contribution in [0.4, 0.5) is 14.5 Å². The lowest BCUT2D eigenvalue weighted by Crippen LogP contribution is -2.43. The van der Waals surface area contributed by atoms with Crippen molar-refractivity contribution in [3.8, 4) is 0 Å². The molecule has 2 N–H and O–H groups in total. The third kappa shape index (κ3) is 2.84. The van der Waals surface area contributed by atoms with Crippen molar-refractivity contribution in [2.24, 2.45) is 0 Å². The highest BCUT2D eigenvalue weighted by molar-refractivity contribution is 5.88. The summed E-state index contributed by atoms with van der Waals surface area (Å²) in [6.45, 7) is 2.34. The van der Waals surface area contributed by atoms with E-state index in [0.717, 1.165) is 12.1 Å². The molecule has 1 aromatic rings. The maximum Gasteiger partial charge on any atom is 0.335 e. The average molecular weight is 271 g/mol. The molecule has 0 radical (unpaired) electrons. The number of anilines is 1. The van der Waals surface area contributed by atoms with E-state index in [0.29, 0.717) is 25.9 Å². The van der Waals surface area contributed by atoms with Gasteiger partial charge in [-0.15, -0.1) is 0 Å². The first kappa shape index (κ1) is 13.7. The number of carboxylic acids is 1. The number of piperidine rings is 1. The highest BCUT2D eigenvalue weighted by Crippen LogP contribution is 2.30. The van der Waals surface area contributed by atoms with Crippen molar-refractivity contribution in [3.05, 3.63) is 29.3 Å². The fourth-order valence-corrected chi connectivity index (χ4v) is 2.20. The van der Waals surface area contributed by atoms with Crippen LogP contribution in [0.15, 0.2) is 12.1 Å². The van der Waals surface area contributed by atoms with Gasteiger partial charge in [-0.05, 0) is 31.9 Å². The first-order chi connectivity index (χ1) is 8.80. The fourth-order valence-electron chi connectivity index (χ4n) is 2.20. The lowest BCUT2D eigenvalue weighted by molar-refractivity contribution is 0.0349. The van der Waals surface area contributed by atoms with Crippen molar-refractivity contribution in [1.82, 2.24) is 0 Å². The van der Waals surface area contributed by atoms with Gasteiger partial charge in [0, 0.05) is 13.1 Å². The van der Waals surface area contributed by atoms with Gasteiger partial charge < -0.3 is 15.1 Å². The summed E-state index contributed by atoms with van der Waals surface area (Å²) in [6, 6.07) is 1.63. The summed E-state index contributed by atoms with van der Waals surface area (Å²) in [4.78, 5) is 12.2. The molecule has 1 fully saturated rings. The Bertz CT molecular complexity index is 484. The van der Waals surface area contributed by atoms with Crippen LogP contribution in [-0.4, -0.2) is 34.9 Å². The minimum atomic E-state index is -1.37. The molecular formula is C13H15F2NO3. The van der Waals surface area contributed by atoms with Gasteiger partial charge >= 0.3 is 5.97 Å². The Morgan fingerprint density at radius 1 is 1.26 bits per heavy atom. The largest absolute Gasteiger partial charge is 0.478 e. The molecule has 0 aliphatic carbocycles. The van der Waals surface area contributed by atoms with Gasteiger partial charge in [0.2, 0.25) is 0 Å². The molecule has 4 nitrogen and oxygen atoms in total. The van der Waals surface area contributed by atoms with Crippen LogP contribution in [-0.2, 0) is 0 Å². The van der Waals surface area contributed by atoms with Crippen LogP contribution < -0.4 is 4.90 Å². The molecule has 0 spiro atoms. The molecule has 0 amide bonds. The lowest BCUT2D eigenvalue weighted by atomic mass is 9.93. The summed E-state index contributed by atoms with van der Waals surface area (Å²) in [5.74, 6) is -3.15. The minimum absolute atomic E-state index is 0.222. The molecule has 1 saturated heterocycles. The van der Waals surface area contributed by atoms with Crippen molar-refractivity contribution < 1.29 is 23.8 Å². The maximum atomic E-state index is 13.8. The summed E-state index contributed by atoms with van der Waals surface area (Å²) < 4.78 is 27.7. The molecule has 1 heterocycles. The van der Waals surface area contributed by atoms with Gasteiger partial charge in [-0.3, -0.25) is 0 Å². The number of hydrogen-bond donors (Lipinski definition) is 2. The lowest BCUT2D eigenvalue weighted by Gasteiger charge is -2.37. The topological polar surface area (TPSA) is 60.8 Å². The second-order valence-corrected chi connectivity index (χ2v) is 5.08. The van der Waals surface area contributed by atoms with Gasteiger partial charge in [-0.1, -0.05) is 0 Å². The van der Waals surface area contributed by atoms with Crippen LogP contribution in [0.5, 0.6) is 0 Å². The van der Waals surface area contributed by atoms with Gasteiger partial charge in [0.25, 0.3) is 0 Å². The van der Waals surface area contributed by atoms with E-state index in [4.69, 9.17) is 5.11 Å². The zero-order valence-corrected chi connectivity index (χ0v) is 10.5. The number of halogens is 2. The summed E-state index contributed by atoms with van der Waals surface area (Å²) in [6.07, 6.45) is 0.819. The van der Waals surface area contributed by atoms with E-state index in [1.165, 1.54) is 4.90 Å². The zero-order valence-electron chi connectivity index (χ0n) is 10.5. The predicted molar refractivity (Wildman–Crippen MR) is 65.4 cm³/mol. The molecule has 0 aromatic heterocycles. The van der Waals surface area contributed by atoms with Crippen LogP contribution in [0.1, 0.15) is 30.1 Å². The second-order valence-electron chi connectivity index (χ2n) is 5.08. The number of carboxylic acid groups (broad SMARTS) is 1. The molecule has 1 aliphatic heterocycles. The standard InChI is InChI=1S/C13H15F2NO3/c1-13(19)2-4-16(5-3-13)11-9(14)6-8(12(17)18)7-10(11)15/h6-7,19H,2-5H2,1H3,(H,17,18). The quantitative estimate of drug-likeness (QED) is 0.864. The van der Waals surface area contributed by atoms with Crippen molar-refractivity contribution in [3.63, 3.8) is 0 Å². The molecule has 0 unspecified atom stereocenters. The van der Waals surface area contributed by atoms with Crippen LogP contribution in [0.25, 0.3) is 0 Å². The first-order valence-electron chi connectivity index (χ1n) is 6.00. The summed E-state index contributed by atoms with van der Waals surface area (Å²) in [5, 5.41) is 18.5. The number of aliphatic hydroxyl groups is 1. The Morgan fingerprint density at radius 2 is 1.74 bits per heavy atom. The van der Waals surface area contributed by atoms with E-state index in [9.17, 15) is 18.7 Å². The Hall–Kier alpha value is -1.69. The van der Waals surface area contributed by atoms with Crippen molar-refractivity contribution in [2.45, 2.75) is 25.4 Å². The van der Waals surface area contributed by atoms with Gasteiger partial charge in [0.15, 0.2) is 0 Å². The van der Waals surface area contributed by atoms with Crippen LogP contribution in [0.2, 0.25) is 0 Å². The third-order valence-corrected chi connectivity index (χ3v) is 3.42. The first-order valence-corrected chi connectivity index (χ1v) is 6.00. The minimum Gasteiger partial charge on any atom is -0.478 e. The van der Waals surface area contributed by atoms with Gasteiger partial charge in [-0.25, -0.2) is 13.6 Å². The molecule has 0 atom stereocenters. The highest BCUT2D eigenvalue weighted by atomic mass is 19.1. The normalized spacial score (nSPS) is 18.4. The van der Waals surface area contributed by atoms with E-state index in [1.807, 2.05) is 0 Å². The Morgan fingerprint density at radius 3 is 2.16 bits per heavy atom. The molecule has 0 saturated carbocycles. The Kier molecular flexibility index (Phi) is 3.45. The average Bonchev–Trinajstić information content (AvgIpc) is 2.30. The number of rotatable bonds is 2. The van der Waals surface area contributed by atoms with Crippen molar-refractivity contribution >= 4 is 11.7 Å². The molecular weight excluding hydrogens is 256 g/mol. The number of carbonyl (C=O) groups is 1. The number of benzene rings is 1. The van der Waals surface area contributed by atoms with Gasteiger partial charge in [-0.2, -0.15) is 0 Å². The van der Waals surface area contributed by atoms with E-state index < -0.39 is 28.8 Å². The predicted octanol–water partition coefficient (Wildman–Crippen LogP) is 2.01. The Balaban J connectivity index is 2.29. The summed E-state index contributed by atoms with van der Waals surface area (Å²) >= 11 is 0. The van der Waals surface area contributed by atoms with E-state index in [2.05, 4.69) is 0 Å². The van der Waals surface area contributed by atoms with Gasteiger partial charge in [0.1, 0.15) is 17.3 Å². The zero-order chi connectivity index (χ0) is 14.2. The van der Waals surface area contributed by atoms with E-state index in [1.54, 1.807) is 6.92 Å². The number of aromatic carboxylic acids is 1. The van der Waals surface area contributed by atoms with E-state index >= 15 is 0 Å². The monoisotopic (exact) mass is 271 g/mol. The van der Waals surface area contributed by atoms with Crippen LogP contribution in [0, 0.1) is 11.6 Å². The van der Waals surface area contributed by atoms with E-state index in [-0.39, 0.29) is 5.69 Å². The fraction of sp³-hybridized carbons (Fsp3) is 0.462. The molecule has 2 rings (SSSR count). The van der Waals surface area contributed by atoms with Crippen LogP contribution in [0.3, 0.4) is 0 Å². The SMILES string of the molecule is CC1(O)CCN(c2c(F)cc(C(=O)O)cc2F)CC1. The molecule has 19 heavy (non-hydrogen) atoms. The smallest absolute Gasteiger partial charge is 0.335 e. The highest BCUT2D eigenvalue weighted by Gasteiger charge is 2.30. The molecule has 1 aliphatic rings. The molecule has 6 heteroatoms. The summed E-state index contributed by atoms with van der Waals surface area (Å²) in [7, 11) is 0. The maximum absolute atomic E-state index is 13.8. The van der Waals surface area contributed by atoms with Crippen molar-refractivity contribution in [1.29, 1.82) is 0 Å². The summed E-state index contributed by atoms with van der Waals surface area (Å²) in [5.41, 5.74) is -1.45. The van der Waals surface area contributed by atoms with Crippen molar-refractivity contribution in [2.75, 3.05) is 18.0 Å². The van der Waals surface area contributed by atoms with Gasteiger partial charge in [0.05, 0.1) is 11.2 Å². The number of hydrogen-bond acceptors (Lipinski definition) is 3. The molecule has 0 bridgehead atoms. The Labute approximate surface area is 109 Å². The molecule has 104 valence electrons. The third-order valence-electron chi connectivity index (χ3n) is 3.42.